The third kappa shape index (κ3) is 4.50. The molecule has 1 saturated heterocycles. The average Bonchev–Trinajstić information content (AvgIpc) is 2.61. The van der Waals surface area contributed by atoms with Gasteiger partial charge in [0, 0.05) is 37.6 Å². The number of hydrogen-bond donors (Lipinski definition) is 1. The number of aryl methyl sites for hydroxylation is 2. The predicted molar refractivity (Wildman–Crippen MR) is 110 cm³/mol. The molecule has 0 spiro atoms. The molecule has 1 amide bonds. The predicted octanol–water partition coefficient (Wildman–Crippen LogP) is 4.37. The first-order valence-corrected chi connectivity index (χ1v) is 9.48. The van der Waals surface area contributed by atoms with E-state index in [1.807, 2.05) is 50.2 Å². The van der Waals surface area contributed by atoms with Crippen LogP contribution in [-0.4, -0.2) is 43.5 Å². The Labute approximate surface area is 164 Å². The SMILES string of the molecule is Cc1cccc(C)c1NC(=O)CN1CCN(c2ccc(Cl)c(Cl)c2)CC1. The minimum absolute atomic E-state index is 0.0328. The highest BCUT2D eigenvalue weighted by atomic mass is 35.5. The number of carbonyl (C=O) groups is 1. The van der Waals surface area contributed by atoms with Crippen LogP contribution in [-0.2, 0) is 4.79 Å². The van der Waals surface area contributed by atoms with Crippen molar-refractivity contribution in [3.8, 4) is 0 Å². The van der Waals surface area contributed by atoms with Crippen LogP contribution >= 0.6 is 23.2 Å². The van der Waals surface area contributed by atoms with Crippen LogP contribution in [0.15, 0.2) is 36.4 Å². The Balaban J connectivity index is 1.53. The van der Waals surface area contributed by atoms with Gasteiger partial charge in [0.25, 0.3) is 0 Å². The van der Waals surface area contributed by atoms with Crippen molar-refractivity contribution in [1.29, 1.82) is 0 Å². The van der Waals surface area contributed by atoms with E-state index < -0.39 is 0 Å². The van der Waals surface area contributed by atoms with E-state index in [2.05, 4.69) is 15.1 Å². The molecular formula is C20H23Cl2N3O. The van der Waals surface area contributed by atoms with Crippen LogP contribution in [0.5, 0.6) is 0 Å². The maximum atomic E-state index is 12.4. The summed E-state index contributed by atoms with van der Waals surface area (Å²) in [7, 11) is 0. The first kappa shape index (κ1) is 19.0. The van der Waals surface area contributed by atoms with E-state index in [1.165, 1.54) is 0 Å². The smallest absolute Gasteiger partial charge is 0.238 e. The van der Waals surface area contributed by atoms with Gasteiger partial charge in [0.1, 0.15) is 0 Å². The first-order valence-electron chi connectivity index (χ1n) is 8.72. The van der Waals surface area contributed by atoms with Crippen molar-refractivity contribution >= 4 is 40.5 Å². The highest BCUT2D eigenvalue weighted by Crippen LogP contribution is 2.27. The molecule has 26 heavy (non-hydrogen) atoms. The monoisotopic (exact) mass is 391 g/mol. The molecule has 6 heteroatoms. The van der Waals surface area contributed by atoms with E-state index in [0.717, 1.165) is 48.7 Å². The standard InChI is InChI=1S/C20H23Cl2N3O/c1-14-4-3-5-15(2)20(14)23-19(26)13-24-8-10-25(11-9-24)16-6-7-17(21)18(22)12-16/h3-7,12H,8-11,13H2,1-2H3,(H,23,26). The van der Waals surface area contributed by atoms with Crippen LogP contribution in [0.25, 0.3) is 0 Å². The summed E-state index contributed by atoms with van der Waals surface area (Å²) < 4.78 is 0. The topological polar surface area (TPSA) is 35.6 Å². The van der Waals surface area contributed by atoms with Crippen molar-refractivity contribution in [3.63, 3.8) is 0 Å². The van der Waals surface area contributed by atoms with Crippen molar-refractivity contribution in [3.05, 3.63) is 57.6 Å². The van der Waals surface area contributed by atoms with E-state index >= 15 is 0 Å². The minimum Gasteiger partial charge on any atom is -0.369 e. The summed E-state index contributed by atoms with van der Waals surface area (Å²) in [5, 5.41) is 4.19. The van der Waals surface area contributed by atoms with Gasteiger partial charge in [0.2, 0.25) is 5.91 Å². The fourth-order valence-corrected chi connectivity index (χ4v) is 3.53. The number of rotatable bonds is 4. The molecule has 1 aliphatic rings. The summed E-state index contributed by atoms with van der Waals surface area (Å²) in [4.78, 5) is 16.9. The second kappa shape index (κ2) is 8.30. The number of amides is 1. The zero-order valence-electron chi connectivity index (χ0n) is 15.1. The lowest BCUT2D eigenvalue weighted by Gasteiger charge is -2.35. The highest BCUT2D eigenvalue weighted by molar-refractivity contribution is 6.42. The number of nitrogens with one attached hydrogen (secondary N) is 1. The molecule has 0 unspecified atom stereocenters. The molecule has 3 rings (SSSR count). The molecule has 138 valence electrons. The summed E-state index contributed by atoms with van der Waals surface area (Å²) in [5.41, 5.74) is 4.16. The van der Waals surface area contributed by atoms with Crippen molar-refractivity contribution in [1.82, 2.24) is 4.90 Å². The Morgan fingerprint density at radius 3 is 2.27 bits per heavy atom. The third-order valence-corrected chi connectivity index (χ3v) is 5.49. The number of halogens is 2. The Morgan fingerprint density at radius 1 is 1.00 bits per heavy atom. The third-order valence-electron chi connectivity index (χ3n) is 4.75. The van der Waals surface area contributed by atoms with Gasteiger partial charge in [0.05, 0.1) is 16.6 Å². The zero-order valence-corrected chi connectivity index (χ0v) is 16.6. The lowest BCUT2D eigenvalue weighted by molar-refractivity contribution is -0.117. The van der Waals surface area contributed by atoms with Crippen LogP contribution < -0.4 is 10.2 Å². The zero-order chi connectivity index (χ0) is 18.7. The second-order valence-corrected chi connectivity index (χ2v) is 7.49. The van der Waals surface area contributed by atoms with Crippen LogP contribution in [0, 0.1) is 13.8 Å². The number of para-hydroxylation sites is 1. The van der Waals surface area contributed by atoms with Crippen LogP contribution in [0.4, 0.5) is 11.4 Å². The van der Waals surface area contributed by atoms with E-state index in [1.54, 1.807) is 0 Å². The Hall–Kier alpha value is -1.75. The summed E-state index contributed by atoms with van der Waals surface area (Å²) >= 11 is 12.1. The van der Waals surface area contributed by atoms with Gasteiger partial charge in [-0.2, -0.15) is 0 Å². The lowest BCUT2D eigenvalue weighted by atomic mass is 10.1. The fourth-order valence-electron chi connectivity index (χ4n) is 3.24. The first-order chi connectivity index (χ1) is 12.4. The van der Waals surface area contributed by atoms with Crippen LogP contribution in [0.1, 0.15) is 11.1 Å². The van der Waals surface area contributed by atoms with Gasteiger partial charge in [-0.1, -0.05) is 41.4 Å². The number of piperazine rings is 1. The normalized spacial score (nSPS) is 15.2. The molecule has 1 heterocycles. The molecule has 2 aromatic carbocycles. The number of carbonyl (C=O) groups excluding carboxylic acids is 1. The van der Waals surface area contributed by atoms with Gasteiger partial charge in [0.15, 0.2) is 0 Å². The van der Waals surface area contributed by atoms with Gasteiger partial charge in [-0.15, -0.1) is 0 Å². The van der Waals surface area contributed by atoms with Crippen molar-refractivity contribution < 1.29 is 4.79 Å². The Bertz CT molecular complexity index is 781. The van der Waals surface area contributed by atoms with E-state index in [4.69, 9.17) is 23.2 Å². The van der Waals surface area contributed by atoms with Crippen molar-refractivity contribution in [2.24, 2.45) is 0 Å². The largest absolute Gasteiger partial charge is 0.369 e. The number of anilines is 2. The molecule has 4 nitrogen and oxygen atoms in total. The molecule has 0 aliphatic carbocycles. The maximum absolute atomic E-state index is 12.4. The molecule has 1 aliphatic heterocycles. The van der Waals surface area contributed by atoms with Gasteiger partial charge in [-0.3, -0.25) is 9.69 Å². The number of benzene rings is 2. The van der Waals surface area contributed by atoms with E-state index in [9.17, 15) is 4.79 Å². The molecule has 0 atom stereocenters. The number of nitrogens with zero attached hydrogens (tertiary/aromatic N) is 2. The molecule has 0 bridgehead atoms. The van der Waals surface area contributed by atoms with Crippen LogP contribution in [0.3, 0.4) is 0 Å². The summed E-state index contributed by atoms with van der Waals surface area (Å²) in [5.74, 6) is 0.0328. The Kier molecular flexibility index (Phi) is 6.07. The van der Waals surface area contributed by atoms with Gasteiger partial charge >= 0.3 is 0 Å². The van der Waals surface area contributed by atoms with E-state index in [0.29, 0.717) is 16.6 Å². The van der Waals surface area contributed by atoms with Crippen molar-refractivity contribution in [2.75, 3.05) is 42.9 Å². The molecule has 0 aromatic heterocycles. The molecular weight excluding hydrogens is 369 g/mol. The lowest BCUT2D eigenvalue weighted by Crippen LogP contribution is -2.48. The highest BCUT2D eigenvalue weighted by Gasteiger charge is 2.20. The van der Waals surface area contributed by atoms with Gasteiger partial charge < -0.3 is 10.2 Å². The minimum atomic E-state index is 0.0328. The molecule has 1 fully saturated rings. The summed E-state index contributed by atoms with van der Waals surface area (Å²) in [6.45, 7) is 7.81. The fraction of sp³-hybridized carbons (Fsp3) is 0.350. The molecule has 2 aromatic rings. The molecule has 0 saturated carbocycles. The maximum Gasteiger partial charge on any atom is 0.238 e. The quantitative estimate of drug-likeness (QED) is 0.839. The van der Waals surface area contributed by atoms with E-state index in [-0.39, 0.29) is 5.91 Å². The van der Waals surface area contributed by atoms with Gasteiger partial charge in [-0.25, -0.2) is 0 Å². The molecule has 1 N–H and O–H groups in total. The van der Waals surface area contributed by atoms with Gasteiger partial charge in [-0.05, 0) is 43.2 Å². The summed E-state index contributed by atoms with van der Waals surface area (Å²) in [6, 6.07) is 11.7. The summed E-state index contributed by atoms with van der Waals surface area (Å²) in [6.07, 6.45) is 0. The Morgan fingerprint density at radius 2 is 1.65 bits per heavy atom. The number of hydrogen-bond acceptors (Lipinski definition) is 3. The second-order valence-electron chi connectivity index (χ2n) is 6.68. The molecule has 0 radical (unpaired) electrons. The van der Waals surface area contributed by atoms with Crippen LogP contribution in [0.2, 0.25) is 10.0 Å². The average molecular weight is 392 g/mol. The van der Waals surface area contributed by atoms with Crippen molar-refractivity contribution in [2.45, 2.75) is 13.8 Å².